The van der Waals surface area contributed by atoms with E-state index in [0.29, 0.717) is 12.5 Å². The van der Waals surface area contributed by atoms with Gasteiger partial charge in [-0.05, 0) is 29.9 Å². The minimum atomic E-state index is -2.52. The van der Waals surface area contributed by atoms with E-state index < -0.39 is 11.3 Å². The fourth-order valence-electron chi connectivity index (χ4n) is 3.11. The topological polar surface area (TPSA) is 26.0 Å². The molecular weight excluding hydrogens is 220 g/mol. The Morgan fingerprint density at radius 1 is 1.18 bits per heavy atom. The second-order valence-corrected chi connectivity index (χ2v) is 5.56. The lowest BCUT2D eigenvalue weighted by molar-refractivity contribution is -0.124. The van der Waals surface area contributed by atoms with Gasteiger partial charge in [0.1, 0.15) is 0 Å². The number of halogens is 2. The van der Waals surface area contributed by atoms with Gasteiger partial charge in [0.2, 0.25) is 5.92 Å². The Kier molecular flexibility index (Phi) is 2.31. The molecule has 1 aromatic carbocycles. The normalized spacial score (nSPS) is 25.4. The van der Waals surface area contributed by atoms with Gasteiger partial charge >= 0.3 is 0 Å². The van der Waals surface area contributed by atoms with Crippen molar-refractivity contribution in [3.8, 4) is 0 Å². The van der Waals surface area contributed by atoms with Gasteiger partial charge in [-0.1, -0.05) is 24.3 Å². The van der Waals surface area contributed by atoms with Gasteiger partial charge in [-0.3, -0.25) is 0 Å². The van der Waals surface area contributed by atoms with E-state index in [9.17, 15) is 8.78 Å². The summed E-state index contributed by atoms with van der Waals surface area (Å²) in [5.74, 6) is -1.93. The molecule has 0 heterocycles. The van der Waals surface area contributed by atoms with Crippen LogP contribution in [0.5, 0.6) is 0 Å². The van der Waals surface area contributed by atoms with Crippen LogP contribution in [0.1, 0.15) is 42.7 Å². The molecule has 92 valence electrons. The van der Waals surface area contributed by atoms with Crippen molar-refractivity contribution in [2.75, 3.05) is 6.54 Å². The van der Waals surface area contributed by atoms with Gasteiger partial charge < -0.3 is 5.73 Å². The molecule has 2 aliphatic carbocycles. The Balaban J connectivity index is 1.97. The first-order valence-electron chi connectivity index (χ1n) is 6.24. The Hall–Kier alpha value is -0.960. The maximum absolute atomic E-state index is 13.2. The molecule has 17 heavy (non-hydrogen) atoms. The van der Waals surface area contributed by atoms with Gasteiger partial charge in [-0.2, -0.15) is 0 Å². The van der Waals surface area contributed by atoms with Crippen molar-refractivity contribution in [2.24, 2.45) is 5.73 Å². The summed E-state index contributed by atoms with van der Waals surface area (Å²) in [6.45, 7) is 0.326. The highest BCUT2D eigenvalue weighted by atomic mass is 19.3. The van der Waals surface area contributed by atoms with Gasteiger partial charge in [-0.15, -0.1) is 0 Å². The van der Waals surface area contributed by atoms with Crippen molar-refractivity contribution < 1.29 is 8.78 Å². The second kappa shape index (κ2) is 3.52. The largest absolute Gasteiger partial charge is 0.330 e. The van der Waals surface area contributed by atoms with Crippen LogP contribution in [0, 0.1) is 0 Å². The summed E-state index contributed by atoms with van der Waals surface area (Å²) in [5, 5.41) is 0. The van der Waals surface area contributed by atoms with E-state index in [1.54, 1.807) is 0 Å². The lowest BCUT2D eigenvalue weighted by Gasteiger charge is -2.48. The van der Waals surface area contributed by atoms with Crippen LogP contribution < -0.4 is 5.73 Å². The van der Waals surface area contributed by atoms with E-state index in [1.807, 2.05) is 18.2 Å². The molecule has 3 rings (SSSR count). The molecule has 0 aliphatic heterocycles. The molecule has 2 aliphatic rings. The molecule has 2 N–H and O–H groups in total. The predicted octanol–water partition coefficient (Wildman–Crippen LogP) is 3.19. The van der Waals surface area contributed by atoms with Gasteiger partial charge in [-0.25, -0.2) is 8.78 Å². The molecule has 0 atom stereocenters. The zero-order valence-electron chi connectivity index (χ0n) is 9.76. The van der Waals surface area contributed by atoms with Crippen molar-refractivity contribution in [3.05, 3.63) is 35.4 Å². The minimum absolute atomic E-state index is 0.0831. The molecule has 2 fully saturated rings. The van der Waals surface area contributed by atoms with Crippen LogP contribution in [0.25, 0.3) is 0 Å². The molecule has 3 heteroatoms. The minimum Gasteiger partial charge on any atom is -0.330 e. The van der Waals surface area contributed by atoms with Crippen LogP contribution in [-0.2, 0) is 5.41 Å². The summed E-state index contributed by atoms with van der Waals surface area (Å²) >= 11 is 0. The maximum atomic E-state index is 13.2. The number of rotatable bonds is 3. The van der Waals surface area contributed by atoms with Crippen LogP contribution in [0.15, 0.2) is 24.3 Å². The van der Waals surface area contributed by atoms with Gasteiger partial charge in [0.05, 0.1) is 0 Å². The summed E-state index contributed by atoms with van der Waals surface area (Å²) in [6.07, 6.45) is 2.21. The Labute approximate surface area is 100 Å². The first kappa shape index (κ1) is 11.1. The summed E-state index contributed by atoms with van der Waals surface area (Å²) in [7, 11) is 0. The smallest absolute Gasteiger partial charge is 0.250 e. The molecule has 1 aromatic rings. The number of benzene rings is 1. The van der Waals surface area contributed by atoms with Crippen molar-refractivity contribution in [1.82, 2.24) is 0 Å². The maximum Gasteiger partial charge on any atom is 0.250 e. The van der Waals surface area contributed by atoms with Gasteiger partial charge in [0, 0.05) is 24.8 Å². The van der Waals surface area contributed by atoms with E-state index in [-0.39, 0.29) is 12.8 Å². The number of hydrogen-bond donors (Lipinski definition) is 1. The molecular formula is C14H17F2N. The Bertz CT molecular complexity index is 430. The highest BCUT2D eigenvalue weighted by Gasteiger charge is 2.57. The third kappa shape index (κ3) is 1.77. The van der Waals surface area contributed by atoms with E-state index in [1.165, 1.54) is 18.4 Å². The predicted molar refractivity (Wildman–Crippen MR) is 63.3 cm³/mol. The molecule has 0 amide bonds. The fraction of sp³-hybridized carbons (Fsp3) is 0.571. The monoisotopic (exact) mass is 237 g/mol. The first-order chi connectivity index (χ1) is 8.06. The molecule has 0 aromatic heterocycles. The van der Waals surface area contributed by atoms with E-state index >= 15 is 0 Å². The van der Waals surface area contributed by atoms with Crippen molar-refractivity contribution in [1.29, 1.82) is 0 Å². The lowest BCUT2D eigenvalue weighted by atomic mass is 9.61. The van der Waals surface area contributed by atoms with Gasteiger partial charge in [0.15, 0.2) is 0 Å². The van der Waals surface area contributed by atoms with E-state index in [4.69, 9.17) is 5.73 Å². The molecule has 0 bridgehead atoms. The summed E-state index contributed by atoms with van der Waals surface area (Å²) < 4.78 is 26.4. The zero-order chi connectivity index (χ0) is 12.1. The lowest BCUT2D eigenvalue weighted by Crippen LogP contribution is -2.54. The fourth-order valence-corrected chi connectivity index (χ4v) is 3.11. The van der Waals surface area contributed by atoms with Crippen LogP contribution in [0.4, 0.5) is 8.78 Å². The number of nitrogens with two attached hydrogens (primary N) is 1. The summed E-state index contributed by atoms with van der Waals surface area (Å²) in [6, 6.07) is 8.02. The van der Waals surface area contributed by atoms with Crippen LogP contribution in [-0.4, -0.2) is 12.5 Å². The highest BCUT2D eigenvalue weighted by Crippen LogP contribution is 2.55. The average Bonchev–Trinajstić information content (AvgIpc) is 3.09. The quantitative estimate of drug-likeness (QED) is 0.858. The summed E-state index contributed by atoms with van der Waals surface area (Å²) in [5.41, 5.74) is 7.65. The van der Waals surface area contributed by atoms with Crippen LogP contribution in [0.2, 0.25) is 0 Å². The molecule has 0 saturated heterocycles. The highest BCUT2D eigenvalue weighted by molar-refractivity contribution is 5.42. The molecule has 0 radical (unpaired) electrons. The van der Waals surface area contributed by atoms with E-state index in [2.05, 4.69) is 6.07 Å². The molecule has 2 saturated carbocycles. The molecule has 0 unspecified atom stereocenters. The Morgan fingerprint density at radius 2 is 1.82 bits per heavy atom. The SMILES string of the molecule is NCC1(c2ccccc2C2CC2)CC(F)(F)C1. The van der Waals surface area contributed by atoms with Gasteiger partial charge in [0.25, 0.3) is 0 Å². The first-order valence-corrected chi connectivity index (χ1v) is 6.24. The van der Waals surface area contributed by atoms with Crippen molar-refractivity contribution in [2.45, 2.75) is 42.9 Å². The molecule has 1 nitrogen and oxygen atoms in total. The van der Waals surface area contributed by atoms with E-state index in [0.717, 1.165) is 5.56 Å². The molecule has 0 spiro atoms. The average molecular weight is 237 g/mol. The van der Waals surface area contributed by atoms with Crippen LogP contribution in [0.3, 0.4) is 0 Å². The van der Waals surface area contributed by atoms with Crippen molar-refractivity contribution >= 4 is 0 Å². The Morgan fingerprint density at radius 3 is 2.35 bits per heavy atom. The third-order valence-corrected chi connectivity index (χ3v) is 4.13. The number of hydrogen-bond acceptors (Lipinski definition) is 1. The zero-order valence-corrected chi connectivity index (χ0v) is 9.76. The third-order valence-electron chi connectivity index (χ3n) is 4.13. The standard InChI is InChI=1S/C14H17F2N/c15-14(16)7-13(8-14,9-17)12-4-2-1-3-11(12)10-5-6-10/h1-4,10H,5-9,17H2. The number of alkyl halides is 2. The van der Waals surface area contributed by atoms with Crippen LogP contribution >= 0.6 is 0 Å². The second-order valence-electron chi connectivity index (χ2n) is 5.56. The van der Waals surface area contributed by atoms with Crippen molar-refractivity contribution in [3.63, 3.8) is 0 Å². The summed E-state index contributed by atoms with van der Waals surface area (Å²) in [4.78, 5) is 0.